The molecule has 144 valence electrons. The molecule has 28 heavy (non-hydrogen) atoms. The van der Waals surface area contributed by atoms with Crippen LogP contribution in [0.15, 0.2) is 52.9 Å². The average molecular weight is 377 g/mol. The summed E-state index contributed by atoms with van der Waals surface area (Å²) in [5.41, 5.74) is 3.45. The lowest BCUT2D eigenvalue weighted by Crippen LogP contribution is -2.23. The predicted molar refractivity (Wildman–Crippen MR) is 108 cm³/mol. The van der Waals surface area contributed by atoms with Gasteiger partial charge in [0, 0.05) is 23.4 Å². The van der Waals surface area contributed by atoms with Crippen molar-refractivity contribution >= 4 is 17.5 Å². The summed E-state index contributed by atoms with van der Waals surface area (Å²) < 4.78 is 5.71. The van der Waals surface area contributed by atoms with Crippen molar-refractivity contribution in [2.45, 2.75) is 27.2 Å². The Morgan fingerprint density at radius 1 is 1.07 bits per heavy atom. The number of aryl methyl sites for hydroxylation is 2. The monoisotopic (exact) mass is 377 g/mol. The number of anilines is 1. The van der Waals surface area contributed by atoms with Crippen molar-refractivity contribution < 1.29 is 14.0 Å². The summed E-state index contributed by atoms with van der Waals surface area (Å²) in [7, 11) is 0. The number of carbonyl (C=O) groups excluding carboxylic acids is 2. The molecule has 0 aliphatic rings. The number of amides is 2. The third kappa shape index (κ3) is 4.46. The van der Waals surface area contributed by atoms with Crippen LogP contribution in [0.25, 0.3) is 11.5 Å². The fraction of sp³-hybridized carbons (Fsp3) is 0.227. The highest BCUT2D eigenvalue weighted by atomic mass is 16.4. The molecule has 6 nitrogen and oxygen atoms in total. The lowest BCUT2D eigenvalue weighted by molar-refractivity contribution is -0.115. The highest BCUT2D eigenvalue weighted by molar-refractivity contribution is 5.98. The van der Waals surface area contributed by atoms with Gasteiger partial charge in [-0.15, -0.1) is 0 Å². The zero-order chi connectivity index (χ0) is 20.1. The first kappa shape index (κ1) is 19.4. The van der Waals surface area contributed by atoms with Crippen LogP contribution >= 0.6 is 0 Å². The van der Waals surface area contributed by atoms with E-state index in [4.69, 9.17) is 4.42 Å². The number of rotatable bonds is 6. The molecule has 2 N–H and O–H groups in total. The van der Waals surface area contributed by atoms with Crippen LogP contribution in [0.1, 0.15) is 34.3 Å². The molecule has 0 unspecified atom stereocenters. The number of aromatic nitrogens is 1. The van der Waals surface area contributed by atoms with Crippen molar-refractivity contribution in [2.75, 3.05) is 11.9 Å². The number of nitrogens with one attached hydrogen (secondary N) is 2. The van der Waals surface area contributed by atoms with E-state index in [0.29, 0.717) is 35.1 Å². The summed E-state index contributed by atoms with van der Waals surface area (Å²) in [4.78, 5) is 29.0. The molecule has 6 heteroatoms. The van der Waals surface area contributed by atoms with Crippen molar-refractivity contribution in [2.24, 2.45) is 0 Å². The van der Waals surface area contributed by atoms with E-state index in [1.54, 1.807) is 19.1 Å². The summed E-state index contributed by atoms with van der Waals surface area (Å²) in [6.45, 7) is 6.08. The summed E-state index contributed by atoms with van der Waals surface area (Å²) >= 11 is 0. The lowest BCUT2D eigenvalue weighted by Gasteiger charge is -2.10. The van der Waals surface area contributed by atoms with Gasteiger partial charge in [0.2, 0.25) is 11.8 Å². The topological polar surface area (TPSA) is 84.2 Å². The molecule has 3 aromatic rings. The van der Waals surface area contributed by atoms with E-state index in [0.717, 1.165) is 11.1 Å². The molecule has 2 amide bonds. The van der Waals surface area contributed by atoms with Gasteiger partial charge < -0.3 is 15.1 Å². The van der Waals surface area contributed by atoms with Crippen LogP contribution in [0.4, 0.5) is 5.69 Å². The Morgan fingerprint density at radius 2 is 1.82 bits per heavy atom. The van der Waals surface area contributed by atoms with Gasteiger partial charge in [0.05, 0.1) is 12.1 Å². The minimum Gasteiger partial charge on any atom is -0.441 e. The largest absolute Gasteiger partial charge is 0.441 e. The molecular weight excluding hydrogens is 354 g/mol. The minimum absolute atomic E-state index is 0.0903. The van der Waals surface area contributed by atoms with E-state index in [2.05, 4.69) is 15.6 Å². The molecule has 0 fully saturated rings. The molecule has 0 radical (unpaired) electrons. The molecule has 1 aromatic heterocycles. The first-order valence-electron chi connectivity index (χ1n) is 9.18. The molecule has 3 rings (SSSR count). The van der Waals surface area contributed by atoms with Gasteiger partial charge in [-0.25, -0.2) is 4.98 Å². The van der Waals surface area contributed by atoms with Gasteiger partial charge in [0.1, 0.15) is 5.76 Å². The van der Waals surface area contributed by atoms with Crippen LogP contribution < -0.4 is 10.6 Å². The molecule has 0 saturated heterocycles. The van der Waals surface area contributed by atoms with Crippen molar-refractivity contribution in [1.29, 1.82) is 0 Å². The van der Waals surface area contributed by atoms with E-state index in [9.17, 15) is 9.59 Å². The number of carbonyl (C=O) groups is 2. The van der Waals surface area contributed by atoms with Crippen LogP contribution in [0.5, 0.6) is 0 Å². The number of benzene rings is 2. The van der Waals surface area contributed by atoms with Crippen molar-refractivity contribution in [3.63, 3.8) is 0 Å². The smallest absolute Gasteiger partial charge is 0.251 e. The minimum atomic E-state index is -0.216. The Hall–Kier alpha value is -3.41. The third-order valence-corrected chi connectivity index (χ3v) is 4.35. The van der Waals surface area contributed by atoms with Crippen LogP contribution in [-0.2, 0) is 11.2 Å². The second kappa shape index (κ2) is 8.52. The first-order chi connectivity index (χ1) is 13.5. The number of hydrogen-bond donors (Lipinski definition) is 2. The Morgan fingerprint density at radius 3 is 2.54 bits per heavy atom. The average Bonchev–Trinajstić information content (AvgIpc) is 3.05. The van der Waals surface area contributed by atoms with Crippen molar-refractivity contribution in [3.8, 4) is 11.5 Å². The van der Waals surface area contributed by atoms with Crippen LogP contribution in [0.3, 0.4) is 0 Å². The number of nitrogens with zero attached hydrogens (tertiary/aromatic N) is 1. The van der Waals surface area contributed by atoms with E-state index >= 15 is 0 Å². The van der Waals surface area contributed by atoms with E-state index in [1.807, 2.05) is 50.2 Å². The fourth-order valence-electron chi connectivity index (χ4n) is 2.80. The molecule has 0 aliphatic carbocycles. The van der Waals surface area contributed by atoms with Crippen molar-refractivity contribution in [1.82, 2.24) is 10.3 Å². The maximum atomic E-state index is 12.5. The van der Waals surface area contributed by atoms with Crippen LogP contribution in [0.2, 0.25) is 0 Å². The molecule has 1 heterocycles. The molecule has 2 aromatic carbocycles. The number of oxazole rings is 1. The Kier molecular flexibility index (Phi) is 5.89. The van der Waals surface area contributed by atoms with Crippen molar-refractivity contribution in [3.05, 3.63) is 71.1 Å². The maximum absolute atomic E-state index is 12.5. The highest BCUT2D eigenvalue weighted by Gasteiger charge is 2.16. The molecule has 0 spiro atoms. The van der Waals surface area contributed by atoms with Gasteiger partial charge in [0.15, 0.2) is 0 Å². The standard InChI is InChI=1S/C22H23N3O3/c1-4-23-21(27)17-11-10-14(2)18(12-17)24-20(26)13-19-15(3)28-22(25-19)16-8-6-5-7-9-16/h5-12H,4,13H2,1-3H3,(H,23,27)(H,24,26). The van der Waals surface area contributed by atoms with Crippen LogP contribution in [-0.4, -0.2) is 23.3 Å². The Bertz CT molecular complexity index is 994. The van der Waals surface area contributed by atoms with Gasteiger partial charge in [-0.05, 0) is 50.6 Å². The first-order valence-corrected chi connectivity index (χ1v) is 9.18. The molecule has 0 saturated carbocycles. The molecular formula is C22H23N3O3. The summed E-state index contributed by atoms with van der Waals surface area (Å²) in [6, 6.07) is 14.8. The van der Waals surface area contributed by atoms with Gasteiger partial charge in [-0.2, -0.15) is 0 Å². The second-order valence-electron chi connectivity index (χ2n) is 6.50. The maximum Gasteiger partial charge on any atom is 0.251 e. The summed E-state index contributed by atoms with van der Waals surface area (Å²) in [6.07, 6.45) is 0.0903. The van der Waals surface area contributed by atoms with Gasteiger partial charge >= 0.3 is 0 Å². The Balaban J connectivity index is 1.74. The normalized spacial score (nSPS) is 10.5. The number of hydrogen-bond acceptors (Lipinski definition) is 4. The lowest BCUT2D eigenvalue weighted by atomic mass is 10.1. The van der Waals surface area contributed by atoms with E-state index in [-0.39, 0.29) is 18.2 Å². The summed E-state index contributed by atoms with van der Waals surface area (Å²) in [5.74, 6) is 0.724. The van der Waals surface area contributed by atoms with E-state index < -0.39 is 0 Å². The van der Waals surface area contributed by atoms with Crippen LogP contribution in [0, 0.1) is 13.8 Å². The SMILES string of the molecule is CCNC(=O)c1ccc(C)c(NC(=O)Cc2nc(-c3ccccc3)oc2C)c1. The highest BCUT2D eigenvalue weighted by Crippen LogP contribution is 2.22. The van der Waals surface area contributed by atoms with Gasteiger partial charge in [0.25, 0.3) is 5.91 Å². The zero-order valence-electron chi connectivity index (χ0n) is 16.2. The predicted octanol–water partition coefficient (Wildman–Crippen LogP) is 3.89. The van der Waals surface area contributed by atoms with E-state index in [1.165, 1.54) is 0 Å². The van der Waals surface area contributed by atoms with Gasteiger partial charge in [-0.1, -0.05) is 24.3 Å². The quantitative estimate of drug-likeness (QED) is 0.683. The second-order valence-corrected chi connectivity index (χ2v) is 6.50. The molecule has 0 aliphatic heterocycles. The molecule has 0 atom stereocenters. The zero-order valence-corrected chi connectivity index (χ0v) is 16.2. The summed E-state index contributed by atoms with van der Waals surface area (Å²) in [5, 5.41) is 5.63. The van der Waals surface area contributed by atoms with Gasteiger partial charge in [-0.3, -0.25) is 9.59 Å². The Labute approximate surface area is 164 Å². The fourth-order valence-corrected chi connectivity index (χ4v) is 2.80. The third-order valence-electron chi connectivity index (χ3n) is 4.35. The molecule has 0 bridgehead atoms.